The van der Waals surface area contributed by atoms with Crippen molar-refractivity contribution in [2.45, 2.75) is 0 Å². The number of rotatable bonds is 3. The summed E-state index contributed by atoms with van der Waals surface area (Å²) in [5, 5.41) is 9.24. The molecule has 2 heterocycles. The maximum atomic E-state index is 6.94. The molecule has 0 saturated carbocycles. The Morgan fingerprint density at radius 3 is 1.28 bits per heavy atom. The highest BCUT2D eigenvalue weighted by Gasteiger charge is 2.23. The van der Waals surface area contributed by atoms with Gasteiger partial charge in [-0.3, -0.25) is 0 Å². The fraction of sp³-hybridized carbons (Fsp3) is 0. The Balaban J connectivity index is 1.28. The van der Waals surface area contributed by atoms with Crippen molar-refractivity contribution in [1.29, 1.82) is 0 Å². The van der Waals surface area contributed by atoms with E-state index in [-0.39, 0.29) is 0 Å². The third-order valence-electron chi connectivity index (χ3n) is 9.43. The number of hydrogen-bond donors (Lipinski definition) is 0. The molecule has 214 valence electrons. The van der Waals surface area contributed by atoms with Crippen LogP contribution >= 0.6 is 0 Å². The molecule has 46 heavy (non-hydrogen) atoms. The lowest BCUT2D eigenvalue weighted by molar-refractivity contribution is 0.659. The van der Waals surface area contributed by atoms with Gasteiger partial charge in [-0.25, -0.2) is 0 Å². The fourth-order valence-corrected chi connectivity index (χ4v) is 7.22. The van der Waals surface area contributed by atoms with Crippen molar-refractivity contribution >= 4 is 65.4 Å². The summed E-state index contributed by atoms with van der Waals surface area (Å²) >= 11 is 0. The first kappa shape index (κ1) is 25.2. The zero-order chi connectivity index (χ0) is 30.2. The van der Waals surface area contributed by atoms with Crippen molar-refractivity contribution in [2.75, 3.05) is 0 Å². The molecular formula is C44H26O2. The summed E-state index contributed by atoms with van der Waals surface area (Å²) in [5.74, 6) is 0. The molecular weight excluding hydrogens is 560 g/mol. The lowest BCUT2D eigenvalue weighted by Gasteiger charge is -2.05. The van der Waals surface area contributed by atoms with Crippen molar-refractivity contribution in [3.8, 4) is 33.4 Å². The summed E-state index contributed by atoms with van der Waals surface area (Å²) in [7, 11) is 0. The molecule has 0 aliphatic carbocycles. The number of fused-ring (bicyclic) bond motifs is 8. The van der Waals surface area contributed by atoms with E-state index in [4.69, 9.17) is 8.83 Å². The van der Waals surface area contributed by atoms with E-state index >= 15 is 0 Å². The van der Waals surface area contributed by atoms with Crippen LogP contribution in [0.5, 0.6) is 0 Å². The van der Waals surface area contributed by atoms with Gasteiger partial charge in [0.05, 0.1) is 5.56 Å². The van der Waals surface area contributed by atoms with Gasteiger partial charge in [-0.15, -0.1) is 0 Å². The molecule has 0 radical (unpaired) electrons. The lowest BCUT2D eigenvalue weighted by atomic mass is 9.96. The van der Waals surface area contributed by atoms with Crippen LogP contribution < -0.4 is 0 Å². The number of benzene rings is 8. The van der Waals surface area contributed by atoms with Crippen LogP contribution in [0.4, 0.5) is 0 Å². The largest absolute Gasteiger partial charge is 0.455 e. The Hall–Kier alpha value is -6.12. The fourth-order valence-electron chi connectivity index (χ4n) is 7.22. The van der Waals surface area contributed by atoms with Gasteiger partial charge in [-0.2, -0.15) is 0 Å². The van der Waals surface area contributed by atoms with Crippen LogP contribution in [-0.2, 0) is 0 Å². The van der Waals surface area contributed by atoms with Crippen LogP contribution in [0.1, 0.15) is 0 Å². The summed E-state index contributed by atoms with van der Waals surface area (Å²) in [5.41, 5.74) is 9.94. The third-order valence-corrected chi connectivity index (χ3v) is 9.43. The van der Waals surface area contributed by atoms with Crippen LogP contribution in [0.3, 0.4) is 0 Å². The third kappa shape index (κ3) is 3.71. The van der Waals surface area contributed by atoms with E-state index in [9.17, 15) is 0 Å². The quantitative estimate of drug-likeness (QED) is 0.206. The van der Waals surface area contributed by atoms with E-state index in [1.165, 1.54) is 21.5 Å². The first-order chi connectivity index (χ1) is 22.8. The minimum Gasteiger partial charge on any atom is -0.455 e. The van der Waals surface area contributed by atoms with E-state index in [1.54, 1.807) is 0 Å². The molecule has 10 aromatic rings. The van der Waals surface area contributed by atoms with Crippen LogP contribution in [0.2, 0.25) is 0 Å². The molecule has 0 spiro atoms. The number of para-hydroxylation sites is 2. The zero-order valence-corrected chi connectivity index (χ0v) is 24.8. The molecule has 0 amide bonds. The molecule has 8 aromatic carbocycles. The van der Waals surface area contributed by atoms with Gasteiger partial charge < -0.3 is 8.83 Å². The van der Waals surface area contributed by atoms with E-state index in [0.717, 1.165) is 77.3 Å². The summed E-state index contributed by atoms with van der Waals surface area (Å²) in [4.78, 5) is 0. The van der Waals surface area contributed by atoms with Gasteiger partial charge in [0.25, 0.3) is 0 Å². The van der Waals surface area contributed by atoms with Gasteiger partial charge >= 0.3 is 0 Å². The zero-order valence-electron chi connectivity index (χ0n) is 24.8. The highest BCUT2D eigenvalue weighted by Crippen LogP contribution is 2.47. The standard InChI is InChI=1S/C44H26O2/c1-2-12-29(13-3-1)40-43-38(36-18-8-16-34(41(36)45-43)32-22-20-27-10-4-6-14-30(27)24-32)26-39-37-19-9-17-35(42(37)46-44(39)40)33-23-21-28-11-5-7-15-31(28)25-33/h1-26H. The van der Waals surface area contributed by atoms with Crippen LogP contribution in [0.15, 0.2) is 167 Å². The molecule has 0 saturated heterocycles. The summed E-state index contributed by atoms with van der Waals surface area (Å²) in [6.07, 6.45) is 0. The topological polar surface area (TPSA) is 26.3 Å². The molecule has 2 aromatic heterocycles. The maximum absolute atomic E-state index is 6.94. The van der Waals surface area contributed by atoms with Gasteiger partial charge in [0.15, 0.2) is 0 Å². The van der Waals surface area contributed by atoms with Crippen molar-refractivity contribution in [2.24, 2.45) is 0 Å². The molecule has 2 nitrogen and oxygen atoms in total. The summed E-state index contributed by atoms with van der Waals surface area (Å²) < 4.78 is 13.9. The number of furan rings is 2. The minimum absolute atomic E-state index is 0.841. The summed E-state index contributed by atoms with van der Waals surface area (Å²) in [6, 6.07) is 55.9. The molecule has 0 bridgehead atoms. The van der Waals surface area contributed by atoms with E-state index in [2.05, 4.69) is 152 Å². The molecule has 0 N–H and O–H groups in total. The monoisotopic (exact) mass is 586 g/mol. The average Bonchev–Trinajstić information content (AvgIpc) is 3.69. The molecule has 0 unspecified atom stereocenters. The van der Waals surface area contributed by atoms with E-state index in [0.29, 0.717) is 0 Å². The minimum atomic E-state index is 0.841. The van der Waals surface area contributed by atoms with Gasteiger partial charge in [0.1, 0.15) is 22.3 Å². The van der Waals surface area contributed by atoms with Crippen LogP contribution in [0.25, 0.3) is 98.8 Å². The van der Waals surface area contributed by atoms with Gasteiger partial charge in [0, 0.05) is 32.7 Å². The maximum Gasteiger partial charge on any atom is 0.147 e. The Kier molecular flexibility index (Phi) is 5.31. The van der Waals surface area contributed by atoms with Crippen LogP contribution in [0, 0.1) is 0 Å². The molecule has 10 rings (SSSR count). The lowest BCUT2D eigenvalue weighted by Crippen LogP contribution is -1.81. The van der Waals surface area contributed by atoms with Gasteiger partial charge in [-0.05, 0) is 56.4 Å². The molecule has 2 heteroatoms. The Labute approximate surface area is 264 Å². The highest BCUT2D eigenvalue weighted by molar-refractivity contribution is 6.24. The van der Waals surface area contributed by atoms with Gasteiger partial charge in [-0.1, -0.05) is 140 Å². The molecule has 0 fully saturated rings. The smallest absolute Gasteiger partial charge is 0.147 e. The highest BCUT2D eigenvalue weighted by atomic mass is 16.3. The van der Waals surface area contributed by atoms with Crippen molar-refractivity contribution in [3.05, 3.63) is 158 Å². The molecule has 0 atom stereocenters. The van der Waals surface area contributed by atoms with Crippen LogP contribution in [-0.4, -0.2) is 0 Å². The second-order valence-corrected chi connectivity index (χ2v) is 12.1. The Morgan fingerprint density at radius 2 is 0.761 bits per heavy atom. The van der Waals surface area contributed by atoms with Crippen molar-refractivity contribution in [1.82, 2.24) is 0 Å². The first-order valence-electron chi connectivity index (χ1n) is 15.7. The SMILES string of the molecule is c1ccc(-c2c3oc4c(-c5ccc6ccccc6c5)cccc4c3cc3c2oc2c(-c4ccc5ccccc5c4)cccc23)cc1. The van der Waals surface area contributed by atoms with E-state index < -0.39 is 0 Å². The normalized spacial score (nSPS) is 11.9. The first-order valence-corrected chi connectivity index (χ1v) is 15.7. The van der Waals surface area contributed by atoms with E-state index in [1.807, 2.05) is 6.07 Å². The van der Waals surface area contributed by atoms with Crippen molar-refractivity contribution in [3.63, 3.8) is 0 Å². The average molecular weight is 587 g/mol. The second kappa shape index (κ2) is 9.69. The van der Waals surface area contributed by atoms with Crippen molar-refractivity contribution < 1.29 is 8.83 Å². The molecule has 0 aliphatic rings. The molecule has 0 aliphatic heterocycles. The number of hydrogen-bond acceptors (Lipinski definition) is 2. The second-order valence-electron chi connectivity index (χ2n) is 12.1. The predicted molar refractivity (Wildman–Crippen MR) is 192 cm³/mol. The predicted octanol–water partition coefficient (Wildman–Crippen LogP) is 12.8. The van der Waals surface area contributed by atoms with Gasteiger partial charge in [0.2, 0.25) is 0 Å². The Bertz CT molecular complexity index is 2630. The Morgan fingerprint density at radius 1 is 0.283 bits per heavy atom. The summed E-state index contributed by atoms with van der Waals surface area (Å²) in [6.45, 7) is 0.